The van der Waals surface area contributed by atoms with E-state index in [4.69, 9.17) is 11.6 Å². The number of aliphatic hydroxyl groups is 1. The minimum atomic E-state index is -0.257. The first-order valence-electron chi connectivity index (χ1n) is 4.28. The van der Waals surface area contributed by atoms with Gasteiger partial charge in [-0.25, -0.2) is 0 Å². The molecule has 0 aromatic heterocycles. The summed E-state index contributed by atoms with van der Waals surface area (Å²) in [5.41, 5.74) is 1.24. The summed E-state index contributed by atoms with van der Waals surface area (Å²) in [6, 6.07) is 7.79. The van der Waals surface area contributed by atoms with Crippen molar-refractivity contribution in [3.8, 4) is 0 Å². The van der Waals surface area contributed by atoms with Gasteiger partial charge in [0.1, 0.15) is 0 Å². The summed E-state index contributed by atoms with van der Waals surface area (Å²) in [5.74, 6) is 1.68. The van der Waals surface area contributed by atoms with Crippen LogP contribution in [0.15, 0.2) is 24.3 Å². The van der Waals surface area contributed by atoms with Crippen molar-refractivity contribution in [2.45, 2.75) is 11.9 Å². The fraction of sp³-hybridized carbons (Fsp3) is 0.400. The van der Waals surface area contributed by atoms with E-state index in [0.717, 1.165) is 16.5 Å². The molecule has 0 radical (unpaired) electrons. The first kappa shape index (κ1) is 12.4. The summed E-state index contributed by atoms with van der Waals surface area (Å²) in [6.07, 6.45) is -0.257. The van der Waals surface area contributed by atoms with E-state index in [9.17, 15) is 5.11 Å². The fourth-order valence-corrected chi connectivity index (χ4v) is 2.53. The number of aliphatic hydroxyl groups excluding tert-OH is 1. The van der Waals surface area contributed by atoms with Gasteiger partial charge in [-0.15, -0.1) is 0 Å². The maximum atomic E-state index is 9.29. The lowest BCUT2D eigenvalue weighted by Crippen LogP contribution is -2.10. The van der Waals surface area contributed by atoms with Crippen molar-refractivity contribution in [2.75, 3.05) is 11.1 Å². The number of hydrogen-bond donors (Lipinski definition) is 1. The van der Waals surface area contributed by atoms with Crippen LogP contribution >= 0.6 is 39.3 Å². The van der Waals surface area contributed by atoms with E-state index >= 15 is 0 Å². The molecule has 0 spiro atoms. The molecule has 0 bridgehead atoms. The van der Waals surface area contributed by atoms with Crippen LogP contribution in [0.5, 0.6) is 0 Å². The molecule has 0 amide bonds. The van der Waals surface area contributed by atoms with Gasteiger partial charge in [-0.2, -0.15) is 11.8 Å². The topological polar surface area (TPSA) is 20.2 Å². The monoisotopic (exact) mass is 294 g/mol. The Labute approximate surface area is 102 Å². The van der Waals surface area contributed by atoms with Gasteiger partial charge in [0, 0.05) is 21.9 Å². The second kappa shape index (κ2) is 6.72. The second-order valence-electron chi connectivity index (χ2n) is 2.95. The molecule has 0 fully saturated rings. The molecule has 1 N–H and O–H groups in total. The van der Waals surface area contributed by atoms with Crippen LogP contribution in [-0.4, -0.2) is 22.3 Å². The van der Waals surface area contributed by atoms with Crippen LogP contribution in [0.2, 0.25) is 5.02 Å². The molecule has 0 heterocycles. The van der Waals surface area contributed by atoms with Crippen LogP contribution in [0.25, 0.3) is 0 Å². The standard InChI is InChI=1S/C10H12BrClOS/c11-5-10(13)7-14-6-8-1-3-9(12)4-2-8/h1-4,10,13H,5-7H2. The highest BCUT2D eigenvalue weighted by atomic mass is 79.9. The molecule has 0 aliphatic heterocycles. The third-order valence-electron chi connectivity index (χ3n) is 1.67. The van der Waals surface area contributed by atoms with E-state index < -0.39 is 0 Å². The number of benzene rings is 1. The number of alkyl halides is 1. The largest absolute Gasteiger partial charge is 0.391 e. The molecule has 1 unspecified atom stereocenters. The van der Waals surface area contributed by atoms with Crippen molar-refractivity contribution in [3.05, 3.63) is 34.9 Å². The van der Waals surface area contributed by atoms with Gasteiger partial charge < -0.3 is 5.11 Å². The average Bonchev–Trinajstić information content (AvgIpc) is 2.21. The SMILES string of the molecule is OC(CBr)CSCc1ccc(Cl)cc1. The summed E-state index contributed by atoms with van der Waals surface area (Å²) in [4.78, 5) is 0. The number of hydrogen-bond acceptors (Lipinski definition) is 2. The zero-order chi connectivity index (χ0) is 10.4. The van der Waals surface area contributed by atoms with Crippen molar-refractivity contribution < 1.29 is 5.11 Å². The van der Waals surface area contributed by atoms with E-state index in [2.05, 4.69) is 15.9 Å². The number of rotatable bonds is 5. The van der Waals surface area contributed by atoms with Crippen LogP contribution in [0.1, 0.15) is 5.56 Å². The van der Waals surface area contributed by atoms with Gasteiger partial charge in [0.2, 0.25) is 0 Å². The maximum Gasteiger partial charge on any atom is 0.0727 e. The van der Waals surface area contributed by atoms with E-state index in [1.807, 2.05) is 24.3 Å². The Morgan fingerprint density at radius 2 is 2.00 bits per heavy atom. The zero-order valence-electron chi connectivity index (χ0n) is 7.62. The average molecular weight is 296 g/mol. The first-order chi connectivity index (χ1) is 6.72. The molecule has 1 nitrogen and oxygen atoms in total. The van der Waals surface area contributed by atoms with E-state index in [0.29, 0.717) is 5.33 Å². The summed E-state index contributed by atoms with van der Waals surface area (Å²) >= 11 is 10.7. The van der Waals surface area contributed by atoms with Gasteiger partial charge in [-0.1, -0.05) is 39.7 Å². The van der Waals surface area contributed by atoms with Crippen LogP contribution in [0.3, 0.4) is 0 Å². The predicted octanol–water partition coefficient (Wildman–Crippen LogP) is 3.33. The Kier molecular flexibility index (Phi) is 5.94. The lowest BCUT2D eigenvalue weighted by Gasteiger charge is -2.06. The highest BCUT2D eigenvalue weighted by molar-refractivity contribution is 9.09. The Hall–Kier alpha value is 0.300. The van der Waals surface area contributed by atoms with E-state index in [1.54, 1.807) is 11.8 Å². The molecule has 1 aromatic carbocycles. The fourth-order valence-electron chi connectivity index (χ4n) is 0.938. The summed E-state index contributed by atoms with van der Waals surface area (Å²) in [5, 5.41) is 10.7. The van der Waals surface area contributed by atoms with Crippen molar-refractivity contribution >= 4 is 39.3 Å². The maximum absolute atomic E-state index is 9.29. The molecule has 78 valence electrons. The van der Waals surface area contributed by atoms with Crippen molar-refractivity contribution in [3.63, 3.8) is 0 Å². The molecule has 1 aromatic rings. The Morgan fingerprint density at radius 1 is 1.36 bits per heavy atom. The van der Waals surface area contributed by atoms with Crippen LogP contribution in [-0.2, 0) is 5.75 Å². The number of thioether (sulfide) groups is 1. The minimum absolute atomic E-state index is 0.257. The normalized spacial score (nSPS) is 12.8. The molecule has 0 saturated carbocycles. The van der Waals surface area contributed by atoms with Gasteiger partial charge >= 0.3 is 0 Å². The van der Waals surface area contributed by atoms with Gasteiger partial charge in [0.25, 0.3) is 0 Å². The van der Waals surface area contributed by atoms with Gasteiger partial charge in [-0.05, 0) is 17.7 Å². The molecular formula is C10H12BrClOS. The zero-order valence-corrected chi connectivity index (χ0v) is 10.8. The summed E-state index contributed by atoms with van der Waals surface area (Å²) in [7, 11) is 0. The minimum Gasteiger partial charge on any atom is -0.391 e. The number of halogens is 2. The molecule has 1 atom stereocenters. The van der Waals surface area contributed by atoms with Crippen molar-refractivity contribution in [1.82, 2.24) is 0 Å². The Balaban J connectivity index is 2.28. The third kappa shape index (κ3) is 4.69. The molecule has 14 heavy (non-hydrogen) atoms. The van der Waals surface area contributed by atoms with E-state index in [-0.39, 0.29) is 6.10 Å². The highest BCUT2D eigenvalue weighted by Crippen LogP contribution is 2.16. The van der Waals surface area contributed by atoms with Gasteiger partial charge in [0.05, 0.1) is 6.10 Å². The lowest BCUT2D eigenvalue weighted by molar-refractivity contribution is 0.226. The molecule has 0 aliphatic rings. The lowest BCUT2D eigenvalue weighted by atomic mass is 10.2. The van der Waals surface area contributed by atoms with Crippen LogP contribution in [0.4, 0.5) is 0 Å². The molecule has 0 aliphatic carbocycles. The predicted molar refractivity (Wildman–Crippen MR) is 67.4 cm³/mol. The van der Waals surface area contributed by atoms with Crippen molar-refractivity contribution in [1.29, 1.82) is 0 Å². The molecule has 0 saturated heterocycles. The third-order valence-corrected chi connectivity index (χ3v) is 3.83. The van der Waals surface area contributed by atoms with Crippen molar-refractivity contribution in [2.24, 2.45) is 0 Å². The molecule has 4 heteroatoms. The van der Waals surface area contributed by atoms with Gasteiger partial charge in [-0.3, -0.25) is 0 Å². The summed E-state index contributed by atoms with van der Waals surface area (Å²) < 4.78 is 0. The first-order valence-corrected chi connectivity index (χ1v) is 6.94. The van der Waals surface area contributed by atoms with Gasteiger partial charge in [0.15, 0.2) is 0 Å². The van der Waals surface area contributed by atoms with E-state index in [1.165, 1.54) is 5.56 Å². The van der Waals surface area contributed by atoms with Crippen LogP contribution < -0.4 is 0 Å². The highest BCUT2D eigenvalue weighted by Gasteiger charge is 2.01. The quantitative estimate of drug-likeness (QED) is 0.841. The Bertz CT molecular complexity index is 265. The van der Waals surface area contributed by atoms with Crippen LogP contribution in [0, 0.1) is 0 Å². The Morgan fingerprint density at radius 3 is 2.57 bits per heavy atom. The molecular weight excluding hydrogens is 284 g/mol. The molecule has 1 rings (SSSR count). The smallest absolute Gasteiger partial charge is 0.0727 e. The second-order valence-corrected chi connectivity index (χ2v) is 5.06. The summed E-state index contributed by atoms with van der Waals surface area (Å²) in [6.45, 7) is 0.